The van der Waals surface area contributed by atoms with Crippen LogP contribution < -0.4 is 0 Å². The standard InChI is InChI=1S/C18H18O/c19-18(16-5-2-1-3-6-16)12-10-14-9-11-15-7-4-8-17(15)13-14/h1-3,5-6,9,11,13H,4,7-8,10,12H2. The zero-order valence-electron chi connectivity index (χ0n) is 11.1. The normalized spacial score (nSPS) is 13.3. The number of aryl methyl sites for hydroxylation is 3. The zero-order chi connectivity index (χ0) is 13.1. The first-order valence-corrected chi connectivity index (χ1v) is 7.02. The average Bonchev–Trinajstić information content (AvgIpc) is 2.93. The molecule has 0 amide bonds. The smallest absolute Gasteiger partial charge is 0.163 e. The summed E-state index contributed by atoms with van der Waals surface area (Å²) in [5.74, 6) is 0.237. The van der Waals surface area contributed by atoms with E-state index in [0.717, 1.165) is 12.0 Å². The van der Waals surface area contributed by atoms with Gasteiger partial charge in [-0.15, -0.1) is 0 Å². The van der Waals surface area contributed by atoms with E-state index in [4.69, 9.17) is 0 Å². The van der Waals surface area contributed by atoms with Crippen LogP contribution in [0.25, 0.3) is 0 Å². The number of ketones is 1. The molecule has 2 aromatic rings. The molecule has 2 aromatic carbocycles. The fourth-order valence-corrected chi connectivity index (χ4v) is 2.81. The van der Waals surface area contributed by atoms with Crippen molar-refractivity contribution in [1.82, 2.24) is 0 Å². The minimum atomic E-state index is 0.237. The predicted molar refractivity (Wildman–Crippen MR) is 77.6 cm³/mol. The van der Waals surface area contributed by atoms with Crippen LogP contribution in [-0.4, -0.2) is 5.78 Å². The van der Waals surface area contributed by atoms with Crippen LogP contribution >= 0.6 is 0 Å². The summed E-state index contributed by atoms with van der Waals surface area (Å²) in [5, 5.41) is 0. The summed E-state index contributed by atoms with van der Waals surface area (Å²) in [6.45, 7) is 0. The topological polar surface area (TPSA) is 17.1 Å². The van der Waals surface area contributed by atoms with Gasteiger partial charge in [0.25, 0.3) is 0 Å². The van der Waals surface area contributed by atoms with Gasteiger partial charge in [-0.3, -0.25) is 4.79 Å². The molecule has 1 heteroatoms. The number of fused-ring (bicyclic) bond motifs is 1. The molecular formula is C18H18O. The summed E-state index contributed by atoms with van der Waals surface area (Å²) in [6.07, 6.45) is 5.15. The van der Waals surface area contributed by atoms with Gasteiger partial charge in [0.1, 0.15) is 0 Å². The molecule has 0 unspecified atom stereocenters. The molecule has 0 atom stereocenters. The van der Waals surface area contributed by atoms with Gasteiger partial charge in [-0.2, -0.15) is 0 Å². The third-order valence-corrected chi connectivity index (χ3v) is 3.90. The molecule has 1 nitrogen and oxygen atoms in total. The summed E-state index contributed by atoms with van der Waals surface area (Å²) in [7, 11) is 0. The highest BCUT2D eigenvalue weighted by molar-refractivity contribution is 5.96. The van der Waals surface area contributed by atoms with Crippen LogP contribution in [-0.2, 0) is 19.3 Å². The lowest BCUT2D eigenvalue weighted by Crippen LogP contribution is -2.01. The van der Waals surface area contributed by atoms with Gasteiger partial charge in [0.15, 0.2) is 5.78 Å². The summed E-state index contributed by atoms with van der Waals surface area (Å²) >= 11 is 0. The Balaban J connectivity index is 1.65. The minimum absolute atomic E-state index is 0.237. The van der Waals surface area contributed by atoms with E-state index in [9.17, 15) is 4.79 Å². The van der Waals surface area contributed by atoms with Gasteiger partial charge in [-0.25, -0.2) is 0 Å². The maximum atomic E-state index is 12.1. The maximum absolute atomic E-state index is 12.1. The molecule has 0 radical (unpaired) electrons. The second-order valence-electron chi connectivity index (χ2n) is 5.25. The number of hydrogen-bond donors (Lipinski definition) is 0. The van der Waals surface area contributed by atoms with Crippen molar-refractivity contribution < 1.29 is 4.79 Å². The zero-order valence-corrected chi connectivity index (χ0v) is 11.1. The van der Waals surface area contributed by atoms with Crippen LogP contribution in [0.15, 0.2) is 48.5 Å². The predicted octanol–water partition coefficient (Wildman–Crippen LogP) is 3.99. The minimum Gasteiger partial charge on any atom is -0.294 e. The van der Waals surface area contributed by atoms with Crippen molar-refractivity contribution in [2.45, 2.75) is 32.1 Å². The third kappa shape index (κ3) is 2.76. The number of carbonyl (C=O) groups is 1. The van der Waals surface area contributed by atoms with E-state index < -0.39 is 0 Å². The average molecular weight is 250 g/mol. The second-order valence-corrected chi connectivity index (χ2v) is 5.25. The number of benzene rings is 2. The molecule has 0 N–H and O–H groups in total. The SMILES string of the molecule is O=C(CCc1ccc2c(c1)CCC2)c1ccccc1. The fourth-order valence-electron chi connectivity index (χ4n) is 2.81. The van der Waals surface area contributed by atoms with Gasteiger partial charge in [-0.1, -0.05) is 48.5 Å². The molecule has 0 fully saturated rings. The van der Waals surface area contributed by atoms with Crippen molar-refractivity contribution in [1.29, 1.82) is 0 Å². The van der Waals surface area contributed by atoms with E-state index in [1.54, 1.807) is 0 Å². The van der Waals surface area contributed by atoms with Crippen LogP contribution in [0.4, 0.5) is 0 Å². The summed E-state index contributed by atoms with van der Waals surface area (Å²) in [6, 6.07) is 16.3. The molecule has 0 heterocycles. The highest BCUT2D eigenvalue weighted by Gasteiger charge is 2.11. The Morgan fingerprint density at radius 1 is 0.947 bits per heavy atom. The number of hydrogen-bond acceptors (Lipinski definition) is 1. The highest BCUT2D eigenvalue weighted by atomic mass is 16.1. The molecule has 0 spiro atoms. The largest absolute Gasteiger partial charge is 0.294 e. The first-order chi connectivity index (χ1) is 9.33. The Morgan fingerprint density at radius 2 is 1.74 bits per heavy atom. The van der Waals surface area contributed by atoms with E-state index in [-0.39, 0.29) is 5.78 Å². The van der Waals surface area contributed by atoms with Crippen molar-refractivity contribution in [2.75, 3.05) is 0 Å². The fraction of sp³-hybridized carbons (Fsp3) is 0.278. The molecule has 3 rings (SSSR count). The quantitative estimate of drug-likeness (QED) is 0.750. The Hall–Kier alpha value is -1.89. The Bertz CT molecular complexity index is 584. The van der Waals surface area contributed by atoms with Crippen molar-refractivity contribution >= 4 is 5.78 Å². The molecule has 0 bridgehead atoms. The molecule has 1 aliphatic carbocycles. The lowest BCUT2D eigenvalue weighted by atomic mass is 10.00. The summed E-state index contributed by atoms with van der Waals surface area (Å²) in [4.78, 5) is 12.1. The molecule has 0 saturated heterocycles. The molecule has 19 heavy (non-hydrogen) atoms. The molecule has 0 saturated carbocycles. The van der Waals surface area contributed by atoms with E-state index in [1.807, 2.05) is 30.3 Å². The van der Waals surface area contributed by atoms with E-state index in [1.165, 1.54) is 36.0 Å². The van der Waals surface area contributed by atoms with Gasteiger partial charge >= 0.3 is 0 Å². The van der Waals surface area contributed by atoms with Gasteiger partial charge in [0.2, 0.25) is 0 Å². The number of rotatable bonds is 4. The number of Topliss-reactive ketones (excluding diaryl/α,β-unsaturated/α-hetero) is 1. The van der Waals surface area contributed by atoms with Crippen LogP contribution in [0.3, 0.4) is 0 Å². The summed E-state index contributed by atoms with van der Waals surface area (Å²) < 4.78 is 0. The Morgan fingerprint density at radius 3 is 2.58 bits per heavy atom. The van der Waals surface area contributed by atoms with Crippen molar-refractivity contribution in [3.05, 3.63) is 70.8 Å². The lowest BCUT2D eigenvalue weighted by Gasteiger charge is -2.05. The second kappa shape index (κ2) is 5.40. The van der Waals surface area contributed by atoms with Crippen molar-refractivity contribution in [2.24, 2.45) is 0 Å². The Kier molecular flexibility index (Phi) is 3.45. The number of carbonyl (C=O) groups excluding carboxylic acids is 1. The van der Waals surface area contributed by atoms with Crippen LogP contribution in [0.2, 0.25) is 0 Å². The van der Waals surface area contributed by atoms with Crippen LogP contribution in [0, 0.1) is 0 Å². The molecule has 96 valence electrons. The summed E-state index contributed by atoms with van der Waals surface area (Å²) in [5.41, 5.74) is 5.11. The third-order valence-electron chi connectivity index (χ3n) is 3.90. The van der Waals surface area contributed by atoms with Crippen molar-refractivity contribution in [3.63, 3.8) is 0 Å². The van der Waals surface area contributed by atoms with E-state index in [2.05, 4.69) is 18.2 Å². The van der Waals surface area contributed by atoms with Gasteiger partial charge < -0.3 is 0 Å². The first kappa shape index (κ1) is 12.2. The van der Waals surface area contributed by atoms with E-state index >= 15 is 0 Å². The van der Waals surface area contributed by atoms with Gasteiger partial charge in [-0.05, 0) is 42.4 Å². The van der Waals surface area contributed by atoms with Gasteiger partial charge in [0, 0.05) is 12.0 Å². The van der Waals surface area contributed by atoms with Crippen LogP contribution in [0.5, 0.6) is 0 Å². The Labute approximate surface area is 114 Å². The monoisotopic (exact) mass is 250 g/mol. The first-order valence-electron chi connectivity index (χ1n) is 7.02. The molecule has 1 aliphatic rings. The molecular weight excluding hydrogens is 232 g/mol. The molecule has 0 aromatic heterocycles. The maximum Gasteiger partial charge on any atom is 0.163 e. The lowest BCUT2D eigenvalue weighted by molar-refractivity contribution is 0.0983. The highest BCUT2D eigenvalue weighted by Crippen LogP contribution is 2.23. The van der Waals surface area contributed by atoms with Crippen molar-refractivity contribution in [3.8, 4) is 0 Å². The van der Waals surface area contributed by atoms with Gasteiger partial charge in [0.05, 0.1) is 0 Å². The van der Waals surface area contributed by atoms with Crippen LogP contribution in [0.1, 0.15) is 39.9 Å². The van der Waals surface area contributed by atoms with E-state index in [0.29, 0.717) is 6.42 Å². The molecule has 0 aliphatic heterocycles.